The van der Waals surface area contributed by atoms with Gasteiger partial charge in [0.15, 0.2) is 12.4 Å². The number of aromatic amines is 1. The lowest BCUT2D eigenvalue weighted by atomic mass is 9.99. The Kier molecular flexibility index (Phi) is 6.55. The Morgan fingerprint density at radius 3 is 2.30 bits per heavy atom. The summed E-state index contributed by atoms with van der Waals surface area (Å²) in [5, 5.41) is 2.70. The van der Waals surface area contributed by atoms with E-state index in [4.69, 9.17) is 4.74 Å². The first-order valence-electron chi connectivity index (χ1n) is 9.01. The molecule has 1 aromatic heterocycles. The molecule has 0 unspecified atom stereocenters. The smallest absolute Gasteiger partial charge is 0.355 e. The number of hydrogen-bond donors (Lipinski definition) is 2. The largest absolute Gasteiger partial charge is 0.451 e. The molecule has 0 aliphatic carbocycles. The second kappa shape index (κ2) is 8.66. The first kappa shape index (κ1) is 20.4. The average molecular weight is 370 g/mol. The minimum absolute atomic E-state index is 0.126. The fourth-order valence-electron chi connectivity index (χ4n) is 3.01. The number of anilines is 1. The molecule has 2 aromatic rings. The second-order valence-corrected chi connectivity index (χ2v) is 6.74. The van der Waals surface area contributed by atoms with Gasteiger partial charge in [-0.25, -0.2) is 4.79 Å². The Hall–Kier alpha value is -2.89. The van der Waals surface area contributed by atoms with Crippen LogP contribution in [0.25, 0.3) is 0 Å². The van der Waals surface area contributed by atoms with E-state index < -0.39 is 18.5 Å². The summed E-state index contributed by atoms with van der Waals surface area (Å²) in [6.45, 7) is 8.71. The third-order valence-electron chi connectivity index (χ3n) is 4.70. The van der Waals surface area contributed by atoms with E-state index in [0.29, 0.717) is 28.4 Å². The van der Waals surface area contributed by atoms with Gasteiger partial charge >= 0.3 is 5.97 Å². The average Bonchev–Trinajstić information content (AvgIpc) is 2.94. The van der Waals surface area contributed by atoms with Gasteiger partial charge in [-0.15, -0.1) is 0 Å². The van der Waals surface area contributed by atoms with E-state index in [0.717, 1.165) is 6.42 Å². The summed E-state index contributed by atoms with van der Waals surface area (Å²) < 4.78 is 5.08. The minimum atomic E-state index is -0.662. The van der Waals surface area contributed by atoms with Gasteiger partial charge in [-0.1, -0.05) is 26.0 Å². The first-order chi connectivity index (χ1) is 12.7. The maximum atomic E-state index is 12.2. The maximum Gasteiger partial charge on any atom is 0.355 e. The van der Waals surface area contributed by atoms with Crippen LogP contribution in [0.3, 0.4) is 0 Å². The van der Waals surface area contributed by atoms with Gasteiger partial charge in [0.1, 0.15) is 5.69 Å². The summed E-state index contributed by atoms with van der Waals surface area (Å²) in [4.78, 5) is 38.8. The van der Waals surface area contributed by atoms with Crippen LogP contribution in [0.1, 0.15) is 70.8 Å². The van der Waals surface area contributed by atoms with Crippen molar-refractivity contribution in [3.63, 3.8) is 0 Å². The van der Waals surface area contributed by atoms with Crippen LogP contribution < -0.4 is 5.32 Å². The molecule has 1 amide bonds. The number of aromatic nitrogens is 1. The van der Waals surface area contributed by atoms with Crippen molar-refractivity contribution in [1.82, 2.24) is 4.98 Å². The van der Waals surface area contributed by atoms with Gasteiger partial charge in [-0.3, -0.25) is 9.59 Å². The van der Waals surface area contributed by atoms with Gasteiger partial charge in [-0.05, 0) is 56.4 Å². The quantitative estimate of drug-likeness (QED) is 0.566. The molecule has 6 heteroatoms. The molecule has 1 atom stereocenters. The second-order valence-electron chi connectivity index (χ2n) is 6.74. The number of ketones is 1. The number of esters is 1. The number of hydrogen-bond acceptors (Lipinski definition) is 4. The molecule has 0 aliphatic rings. The highest BCUT2D eigenvalue weighted by Gasteiger charge is 2.21. The van der Waals surface area contributed by atoms with E-state index in [2.05, 4.69) is 24.1 Å². The lowest BCUT2D eigenvalue weighted by Gasteiger charge is -2.10. The molecule has 1 aromatic carbocycles. The van der Waals surface area contributed by atoms with Crippen LogP contribution in [0.4, 0.5) is 5.69 Å². The van der Waals surface area contributed by atoms with Crippen molar-refractivity contribution in [1.29, 1.82) is 0 Å². The zero-order chi connectivity index (χ0) is 20.1. The first-order valence-corrected chi connectivity index (χ1v) is 9.01. The fourth-order valence-corrected chi connectivity index (χ4v) is 3.01. The number of carbonyl (C=O) groups excluding carboxylic acids is 3. The summed E-state index contributed by atoms with van der Waals surface area (Å²) in [5.41, 5.74) is 3.68. The molecular weight excluding hydrogens is 344 g/mol. The van der Waals surface area contributed by atoms with Crippen LogP contribution in [0.5, 0.6) is 0 Å². The van der Waals surface area contributed by atoms with Crippen LogP contribution in [0.15, 0.2) is 24.3 Å². The summed E-state index contributed by atoms with van der Waals surface area (Å²) in [5.74, 6) is -0.750. The maximum absolute atomic E-state index is 12.2. The van der Waals surface area contributed by atoms with Crippen LogP contribution in [-0.4, -0.2) is 29.3 Å². The standard InChI is InChI=1S/C21H26N2O4/c1-6-12(2)16-7-9-17(10-8-16)23-18(25)11-27-21(26)20-13(3)19(15(5)24)14(4)22-20/h7-10,12,22H,6,11H2,1-5H3,(H,23,25)/t12-/m1/s1. The normalized spacial score (nSPS) is 11.7. The molecule has 0 radical (unpaired) electrons. The Morgan fingerprint density at radius 1 is 1.15 bits per heavy atom. The van der Waals surface area contributed by atoms with E-state index in [1.54, 1.807) is 13.8 Å². The lowest BCUT2D eigenvalue weighted by molar-refractivity contribution is -0.119. The van der Waals surface area contributed by atoms with Crippen LogP contribution in [-0.2, 0) is 9.53 Å². The van der Waals surface area contributed by atoms with Crippen LogP contribution in [0.2, 0.25) is 0 Å². The highest BCUT2D eigenvalue weighted by atomic mass is 16.5. The number of rotatable bonds is 7. The van der Waals surface area contributed by atoms with E-state index >= 15 is 0 Å². The lowest BCUT2D eigenvalue weighted by Crippen LogP contribution is -2.21. The number of benzene rings is 1. The zero-order valence-corrected chi connectivity index (χ0v) is 16.4. The molecule has 0 aliphatic heterocycles. The van der Waals surface area contributed by atoms with Crippen molar-refractivity contribution in [2.24, 2.45) is 0 Å². The highest BCUT2D eigenvalue weighted by molar-refractivity contribution is 6.01. The number of carbonyl (C=O) groups is 3. The van der Waals surface area contributed by atoms with Crippen LogP contribution >= 0.6 is 0 Å². The van der Waals surface area contributed by atoms with E-state index in [-0.39, 0.29) is 11.5 Å². The van der Waals surface area contributed by atoms with Crippen molar-refractivity contribution < 1.29 is 19.1 Å². The molecule has 0 saturated carbocycles. The molecule has 27 heavy (non-hydrogen) atoms. The topological polar surface area (TPSA) is 88.3 Å². The zero-order valence-electron chi connectivity index (χ0n) is 16.4. The summed E-state index contributed by atoms with van der Waals surface area (Å²) in [6, 6.07) is 7.62. The summed E-state index contributed by atoms with van der Waals surface area (Å²) in [6.07, 6.45) is 1.05. The van der Waals surface area contributed by atoms with Crippen molar-refractivity contribution in [3.8, 4) is 0 Å². The number of amides is 1. The third kappa shape index (κ3) is 4.84. The molecule has 0 bridgehead atoms. The summed E-state index contributed by atoms with van der Waals surface area (Å²) >= 11 is 0. The predicted molar refractivity (Wildman–Crippen MR) is 104 cm³/mol. The van der Waals surface area contributed by atoms with Crippen molar-refractivity contribution in [2.45, 2.75) is 47.0 Å². The molecule has 144 valence electrons. The number of H-pyrrole nitrogens is 1. The van der Waals surface area contributed by atoms with Crippen LogP contribution in [0, 0.1) is 13.8 Å². The van der Waals surface area contributed by atoms with Crippen molar-refractivity contribution in [3.05, 3.63) is 52.3 Å². The Bertz CT molecular complexity index is 850. The molecule has 1 heterocycles. The monoisotopic (exact) mass is 370 g/mol. The van der Waals surface area contributed by atoms with Gasteiger partial charge in [0.25, 0.3) is 5.91 Å². The molecule has 2 rings (SSSR count). The Balaban J connectivity index is 1.95. The highest BCUT2D eigenvalue weighted by Crippen LogP contribution is 2.21. The SMILES string of the molecule is CC[C@@H](C)c1ccc(NC(=O)COC(=O)c2[nH]c(C)c(C(C)=O)c2C)cc1. The molecule has 0 spiro atoms. The van der Waals surface area contributed by atoms with E-state index in [1.165, 1.54) is 12.5 Å². The number of ether oxygens (including phenoxy) is 1. The number of Topliss-reactive ketones (excluding diaryl/α,β-unsaturated/α-hetero) is 1. The molecule has 6 nitrogen and oxygen atoms in total. The van der Waals surface area contributed by atoms with E-state index in [9.17, 15) is 14.4 Å². The fraction of sp³-hybridized carbons (Fsp3) is 0.381. The Morgan fingerprint density at radius 2 is 1.78 bits per heavy atom. The van der Waals surface area contributed by atoms with E-state index in [1.807, 2.05) is 24.3 Å². The van der Waals surface area contributed by atoms with Gasteiger partial charge < -0.3 is 15.0 Å². The minimum Gasteiger partial charge on any atom is -0.451 e. The third-order valence-corrected chi connectivity index (χ3v) is 4.70. The van der Waals surface area contributed by atoms with Gasteiger partial charge in [0.2, 0.25) is 0 Å². The van der Waals surface area contributed by atoms with Gasteiger partial charge in [0, 0.05) is 16.9 Å². The number of nitrogens with one attached hydrogen (secondary N) is 2. The summed E-state index contributed by atoms with van der Waals surface area (Å²) in [7, 11) is 0. The molecule has 0 saturated heterocycles. The molecule has 2 N–H and O–H groups in total. The van der Waals surface area contributed by atoms with Gasteiger partial charge in [0.05, 0.1) is 0 Å². The molecule has 0 fully saturated rings. The Labute approximate surface area is 159 Å². The van der Waals surface area contributed by atoms with Crippen molar-refractivity contribution in [2.75, 3.05) is 11.9 Å². The number of aryl methyl sites for hydroxylation is 1. The van der Waals surface area contributed by atoms with Gasteiger partial charge in [-0.2, -0.15) is 0 Å². The molecular formula is C21H26N2O4. The van der Waals surface area contributed by atoms with Crippen molar-refractivity contribution >= 4 is 23.3 Å². The predicted octanol–water partition coefficient (Wildman–Crippen LogP) is 4.14.